The van der Waals surface area contributed by atoms with Crippen molar-refractivity contribution in [1.29, 1.82) is 0 Å². The van der Waals surface area contributed by atoms with E-state index in [4.69, 9.17) is 4.42 Å². The molecule has 0 N–H and O–H groups in total. The van der Waals surface area contributed by atoms with E-state index in [1.165, 1.54) is 36.4 Å². The molecule has 0 aliphatic carbocycles. The first-order valence-corrected chi connectivity index (χ1v) is 9.28. The zero-order chi connectivity index (χ0) is 23.0. The predicted octanol–water partition coefficient (Wildman–Crippen LogP) is 5.51. The van der Waals surface area contributed by atoms with Crippen molar-refractivity contribution in [3.63, 3.8) is 0 Å². The third-order valence-corrected chi connectivity index (χ3v) is 4.76. The molecule has 1 aliphatic heterocycles. The van der Waals surface area contributed by atoms with Gasteiger partial charge in [-0.3, -0.25) is 14.9 Å². The van der Waals surface area contributed by atoms with Gasteiger partial charge in [0.1, 0.15) is 11.5 Å². The van der Waals surface area contributed by atoms with E-state index in [1.807, 2.05) is 0 Å². The van der Waals surface area contributed by atoms with Gasteiger partial charge in [0.2, 0.25) is 0 Å². The molecule has 0 spiro atoms. The number of nitrogens with zero attached hydrogens (tertiary/aromatic N) is 3. The van der Waals surface area contributed by atoms with Crippen LogP contribution in [0.1, 0.15) is 11.3 Å². The highest BCUT2D eigenvalue weighted by molar-refractivity contribution is 6.34. The van der Waals surface area contributed by atoms with Crippen LogP contribution in [0.5, 0.6) is 0 Å². The van der Waals surface area contributed by atoms with Gasteiger partial charge >= 0.3 is 6.18 Å². The lowest BCUT2D eigenvalue weighted by Gasteiger charge is -2.10. The first kappa shape index (κ1) is 21.0. The van der Waals surface area contributed by atoms with E-state index in [2.05, 4.69) is 5.10 Å². The van der Waals surface area contributed by atoms with Crippen LogP contribution < -0.4 is 5.01 Å². The number of halogens is 3. The van der Waals surface area contributed by atoms with E-state index in [-0.39, 0.29) is 22.9 Å². The molecule has 0 unspecified atom stereocenters. The molecular weight excluding hydrogens is 427 g/mol. The largest absolute Gasteiger partial charge is 0.457 e. The number of aryl methyl sites for hydroxylation is 1. The van der Waals surface area contributed by atoms with Gasteiger partial charge in [-0.15, -0.1) is 0 Å². The number of hydrazone groups is 1. The second-order valence-electron chi connectivity index (χ2n) is 6.92. The van der Waals surface area contributed by atoms with Crippen molar-refractivity contribution >= 4 is 29.1 Å². The summed E-state index contributed by atoms with van der Waals surface area (Å²) in [7, 11) is 0. The summed E-state index contributed by atoms with van der Waals surface area (Å²) in [4.78, 5) is 23.2. The van der Waals surface area contributed by atoms with E-state index in [1.54, 1.807) is 31.2 Å². The first-order chi connectivity index (χ1) is 15.1. The lowest BCUT2D eigenvalue weighted by atomic mass is 10.1. The molecule has 32 heavy (non-hydrogen) atoms. The molecule has 1 aromatic heterocycles. The number of amides is 1. The number of para-hydroxylation sites is 1. The number of anilines is 1. The van der Waals surface area contributed by atoms with Crippen LogP contribution in [0.25, 0.3) is 17.4 Å². The van der Waals surface area contributed by atoms with E-state index >= 15 is 0 Å². The molecule has 162 valence electrons. The summed E-state index contributed by atoms with van der Waals surface area (Å²) in [6, 6.07) is 14.8. The maximum Gasteiger partial charge on any atom is 0.435 e. The number of rotatable bonds is 4. The maximum atomic E-state index is 13.6. The topological polar surface area (TPSA) is 89.0 Å². The molecule has 2 aromatic carbocycles. The number of carbonyl (C=O) groups excluding carboxylic acids is 1. The number of alkyl halides is 3. The van der Waals surface area contributed by atoms with Gasteiger partial charge in [0.15, 0.2) is 5.71 Å². The van der Waals surface area contributed by atoms with Crippen molar-refractivity contribution < 1.29 is 27.3 Å². The van der Waals surface area contributed by atoms with Crippen LogP contribution in [0.4, 0.5) is 24.5 Å². The quantitative estimate of drug-likeness (QED) is 0.303. The fourth-order valence-corrected chi connectivity index (χ4v) is 3.20. The minimum Gasteiger partial charge on any atom is -0.457 e. The van der Waals surface area contributed by atoms with Gasteiger partial charge < -0.3 is 4.42 Å². The summed E-state index contributed by atoms with van der Waals surface area (Å²) in [6.45, 7) is 1.71. The summed E-state index contributed by atoms with van der Waals surface area (Å²) in [5.41, 5.74) is -0.882. The Balaban J connectivity index is 1.73. The second kappa shape index (κ2) is 7.80. The summed E-state index contributed by atoms with van der Waals surface area (Å²) in [6.07, 6.45) is -3.90. The van der Waals surface area contributed by atoms with Crippen molar-refractivity contribution in [2.24, 2.45) is 5.10 Å². The zero-order valence-corrected chi connectivity index (χ0v) is 16.5. The van der Waals surface area contributed by atoms with Crippen LogP contribution in [0, 0.1) is 17.0 Å². The number of benzene rings is 2. The van der Waals surface area contributed by atoms with Crippen LogP contribution in [0.3, 0.4) is 0 Å². The molecular formula is C22H14F3N3O4. The molecule has 1 aliphatic rings. The highest BCUT2D eigenvalue weighted by atomic mass is 19.4. The smallest absolute Gasteiger partial charge is 0.435 e. The second-order valence-corrected chi connectivity index (χ2v) is 6.92. The molecule has 0 saturated carbocycles. The minimum absolute atomic E-state index is 0.0267. The number of hydrogen-bond acceptors (Lipinski definition) is 5. The van der Waals surface area contributed by atoms with E-state index in [9.17, 15) is 28.1 Å². The zero-order valence-electron chi connectivity index (χ0n) is 16.5. The van der Waals surface area contributed by atoms with Crippen molar-refractivity contribution in [2.45, 2.75) is 13.1 Å². The lowest BCUT2D eigenvalue weighted by Crippen LogP contribution is -2.25. The van der Waals surface area contributed by atoms with Gasteiger partial charge in [0.05, 0.1) is 16.2 Å². The molecule has 3 aromatic rings. The fourth-order valence-electron chi connectivity index (χ4n) is 3.20. The Morgan fingerprint density at radius 2 is 1.81 bits per heavy atom. The Kier molecular flexibility index (Phi) is 5.13. The van der Waals surface area contributed by atoms with Crippen molar-refractivity contribution in [3.05, 3.63) is 87.7 Å². The van der Waals surface area contributed by atoms with Crippen molar-refractivity contribution in [1.82, 2.24) is 0 Å². The first-order valence-electron chi connectivity index (χ1n) is 9.28. The third-order valence-electron chi connectivity index (χ3n) is 4.76. The van der Waals surface area contributed by atoms with Gasteiger partial charge in [-0.05, 0) is 42.8 Å². The number of carbonyl (C=O) groups is 1. The highest BCUT2D eigenvalue weighted by Crippen LogP contribution is 2.34. The highest BCUT2D eigenvalue weighted by Gasteiger charge is 2.47. The summed E-state index contributed by atoms with van der Waals surface area (Å²) < 4.78 is 46.3. The van der Waals surface area contributed by atoms with Crippen LogP contribution >= 0.6 is 0 Å². The minimum atomic E-state index is -4.86. The normalized spacial score (nSPS) is 15.4. The number of hydrogen-bond donors (Lipinski definition) is 0. The monoisotopic (exact) mass is 441 g/mol. The van der Waals surface area contributed by atoms with Crippen LogP contribution in [-0.2, 0) is 4.79 Å². The summed E-state index contributed by atoms with van der Waals surface area (Å²) >= 11 is 0. The molecule has 0 fully saturated rings. The van der Waals surface area contributed by atoms with Gasteiger partial charge in [0, 0.05) is 17.7 Å². The molecule has 1 amide bonds. The molecule has 0 bridgehead atoms. The van der Waals surface area contributed by atoms with Crippen LogP contribution in [-0.4, -0.2) is 22.7 Å². The Morgan fingerprint density at radius 3 is 2.47 bits per heavy atom. The number of non-ortho nitro benzene ring substituents is 1. The molecule has 7 nitrogen and oxygen atoms in total. The average Bonchev–Trinajstić information content (AvgIpc) is 3.34. The Bertz CT molecular complexity index is 1280. The van der Waals surface area contributed by atoms with Crippen molar-refractivity contribution in [3.8, 4) is 11.3 Å². The molecule has 10 heteroatoms. The Labute approximate surface area is 179 Å². The molecule has 2 heterocycles. The lowest BCUT2D eigenvalue weighted by molar-refractivity contribution is -0.384. The molecule has 0 saturated heterocycles. The van der Waals surface area contributed by atoms with Crippen LogP contribution in [0.15, 0.2) is 75.8 Å². The molecule has 4 rings (SSSR count). The standard InChI is InChI=1S/C22H14F3N3O4/c1-13-7-8-15(28(30)31)11-17(13)19-10-9-16(32-19)12-18-20(22(23,24)25)26-27(21(18)29)14-5-3-2-4-6-14/h2-12H,1H3. The predicted molar refractivity (Wildman–Crippen MR) is 111 cm³/mol. The van der Waals surface area contributed by atoms with E-state index in [0.717, 1.165) is 6.08 Å². The summed E-state index contributed by atoms with van der Waals surface area (Å²) in [5, 5.41) is 15.2. The number of furan rings is 1. The van der Waals surface area contributed by atoms with Gasteiger partial charge in [-0.2, -0.15) is 23.3 Å². The fraction of sp³-hybridized carbons (Fsp3) is 0.0909. The molecule has 0 radical (unpaired) electrons. The summed E-state index contributed by atoms with van der Waals surface area (Å²) in [5.74, 6) is -0.761. The third kappa shape index (κ3) is 3.89. The van der Waals surface area contributed by atoms with Gasteiger partial charge in [-0.25, -0.2) is 0 Å². The van der Waals surface area contributed by atoms with Crippen LogP contribution in [0.2, 0.25) is 0 Å². The maximum absolute atomic E-state index is 13.6. The average molecular weight is 441 g/mol. The van der Waals surface area contributed by atoms with E-state index in [0.29, 0.717) is 16.1 Å². The Morgan fingerprint density at radius 1 is 1.09 bits per heavy atom. The Hall–Kier alpha value is -4.21. The van der Waals surface area contributed by atoms with E-state index < -0.39 is 28.3 Å². The number of nitro benzene ring substituents is 1. The van der Waals surface area contributed by atoms with Gasteiger partial charge in [-0.1, -0.05) is 24.3 Å². The van der Waals surface area contributed by atoms with Crippen molar-refractivity contribution in [2.75, 3.05) is 5.01 Å². The SMILES string of the molecule is Cc1ccc([N+](=O)[O-])cc1-c1ccc(C=C2C(=O)N(c3ccccc3)N=C2C(F)(F)F)o1. The molecule has 0 atom stereocenters. The van der Waals surface area contributed by atoms with Gasteiger partial charge in [0.25, 0.3) is 11.6 Å². The number of nitro groups is 1.